The highest BCUT2D eigenvalue weighted by Gasteiger charge is 2.54. The van der Waals surface area contributed by atoms with Crippen LogP contribution < -0.4 is 16.4 Å². The number of thiophene rings is 1. The Morgan fingerprint density at radius 1 is 1.44 bits per heavy atom. The zero-order chi connectivity index (χ0) is 22.8. The number of amides is 4. The predicted octanol–water partition coefficient (Wildman–Crippen LogP) is 0.107. The van der Waals surface area contributed by atoms with Gasteiger partial charge >= 0.3 is 12.0 Å². The highest BCUT2D eigenvalue weighted by Crippen LogP contribution is 2.41. The highest BCUT2D eigenvalue weighted by atomic mass is 32.2. The number of primary amides is 1. The molecule has 1 fully saturated rings. The van der Waals surface area contributed by atoms with E-state index in [0.29, 0.717) is 27.1 Å². The molecule has 1 saturated heterocycles. The molecule has 0 radical (unpaired) electrons. The Balaban J connectivity index is 1.48. The monoisotopic (exact) mass is 495 g/mol. The maximum absolute atomic E-state index is 12.8. The van der Waals surface area contributed by atoms with Crippen molar-refractivity contribution in [1.82, 2.24) is 30.7 Å². The molecule has 6 N–H and O–H groups in total. The van der Waals surface area contributed by atoms with Gasteiger partial charge in [0, 0.05) is 16.4 Å². The van der Waals surface area contributed by atoms with Crippen molar-refractivity contribution in [2.24, 2.45) is 5.73 Å². The first-order valence-electron chi connectivity index (χ1n) is 9.15. The second-order valence-electron chi connectivity index (χ2n) is 6.69. The molecule has 15 heteroatoms. The third-order valence-electron chi connectivity index (χ3n) is 4.70. The molecule has 4 heterocycles. The molecule has 32 heavy (non-hydrogen) atoms. The number of carboxylic acids is 1. The largest absolute Gasteiger partial charge is 0.477 e. The maximum Gasteiger partial charge on any atom is 0.352 e. The molecule has 0 spiro atoms. The molecule has 0 aliphatic carbocycles. The number of nitrogens with zero attached hydrogens (tertiary/aromatic N) is 3. The lowest BCUT2D eigenvalue weighted by molar-refractivity contribution is -0.150. The minimum atomic E-state index is -1.21. The Kier molecular flexibility index (Phi) is 6.38. The average molecular weight is 496 g/mol. The SMILES string of the molecule is NC(=O)NC(C(=O)N[C@H]1C(=O)N2C(C(=O)O)=C(CSc3nnc[nH]3)CSC12)c1cccs1. The van der Waals surface area contributed by atoms with Crippen molar-refractivity contribution in [3.05, 3.63) is 40.0 Å². The third-order valence-corrected chi connectivity index (χ3v) is 7.94. The molecule has 2 aliphatic heterocycles. The number of hydrogen-bond acceptors (Lipinski definition) is 9. The topological polar surface area (TPSA) is 183 Å². The van der Waals surface area contributed by atoms with Crippen LogP contribution in [0.5, 0.6) is 0 Å². The Morgan fingerprint density at radius 3 is 2.88 bits per heavy atom. The lowest BCUT2D eigenvalue weighted by Crippen LogP contribution is -2.71. The number of β-lactam (4-membered cyclic amide) rings is 1. The van der Waals surface area contributed by atoms with E-state index >= 15 is 0 Å². The van der Waals surface area contributed by atoms with Crippen LogP contribution in [0.4, 0.5) is 4.79 Å². The van der Waals surface area contributed by atoms with Crippen molar-refractivity contribution in [3.8, 4) is 0 Å². The number of H-pyrrole nitrogens is 1. The third kappa shape index (κ3) is 4.31. The molecular weight excluding hydrogens is 478 g/mol. The number of carbonyl (C=O) groups is 4. The van der Waals surface area contributed by atoms with Crippen molar-refractivity contribution >= 4 is 58.7 Å². The molecule has 12 nitrogen and oxygen atoms in total. The molecule has 2 aromatic rings. The Labute approximate surface area is 193 Å². The number of urea groups is 1. The first kappa shape index (κ1) is 22.2. The number of fused-ring (bicyclic) bond motifs is 1. The fourth-order valence-electron chi connectivity index (χ4n) is 3.31. The number of nitrogens with two attached hydrogens (primary N) is 1. The summed E-state index contributed by atoms with van der Waals surface area (Å²) in [4.78, 5) is 53.5. The summed E-state index contributed by atoms with van der Waals surface area (Å²) in [6.07, 6.45) is 1.42. The van der Waals surface area contributed by atoms with Crippen LogP contribution in [0.2, 0.25) is 0 Å². The Bertz CT molecular complexity index is 1070. The van der Waals surface area contributed by atoms with E-state index in [1.165, 1.54) is 46.1 Å². The van der Waals surface area contributed by atoms with Crippen LogP contribution in [0.25, 0.3) is 0 Å². The molecular formula is C17H17N7O5S3. The number of hydrogen-bond donors (Lipinski definition) is 5. The van der Waals surface area contributed by atoms with Crippen molar-refractivity contribution in [3.63, 3.8) is 0 Å². The van der Waals surface area contributed by atoms with Gasteiger partial charge in [-0.15, -0.1) is 33.3 Å². The number of nitrogens with one attached hydrogen (secondary N) is 3. The summed E-state index contributed by atoms with van der Waals surface area (Å²) in [5.41, 5.74) is 5.68. The van der Waals surface area contributed by atoms with E-state index in [2.05, 4.69) is 25.8 Å². The summed E-state index contributed by atoms with van der Waals surface area (Å²) in [6.45, 7) is 0. The second-order valence-corrected chi connectivity index (χ2v) is 9.74. The standard InChI is InChI=1S/C17H17N7O5S3/c18-16(29)22-9(8-2-1-3-30-8)12(25)21-10-13(26)24-11(15(27)28)7(4-31-14(10)24)5-32-17-19-6-20-23-17/h1-3,6,9-10,14H,4-5H2,(H,21,25)(H,27,28)(H3,18,22,29)(H,19,20,23)/t9?,10-,14?/m0/s1. The summed E-state index contributed by atoms with van der Waals surface area (Å²) in [5, 5.41) is 24.0. The van der Waals surface area contributed by atoms with Crippen LogP contribution in [-0.4, -0.2) is 71.9 Å². The number of thioether (sulfide) groups is 2. The number of carbonyl (C=O) groups excluding carboxylic acids is 3. The number of carboxylic acid groups (broad SMARTS) is 1. The van der Waals surface area contributed by atoms with Gasteiger partial charge in [-0.05, 0) is 17.0 Å². The van der Waals surface area contributed by atoms with Crippen LogP contribution in [0, 0.1) is 0 Å². The number of rotatable bonds is 8. The summed E-state index contributed by atoms with van der Waals surface area (Å²) in [7, 11) is 0. The molecule has 4 amide bonds. The van der Waals surface area contributed by atoms with Gasteiger partial charge in [-0.3, -0.25) is 14.5 Å². The van der Waals surface area contributed by atoms with E-state index in [1.807, 2.05) is 0 Å². The zero-order valence-corrected chi connectivity index (χ0v) is 18.6. The molecule has 2 unspecified atom stereocenters. The van der Waals surface area contributed by atoms with Gasteiger partial charge in [-0.25, -0.2) is 9.59 Å². The van der Waals surface area contributed by atoms with E-state index in [1.54, 1.807) is 17.5 Å². The molecule has 3 atom stereocenters. The van der Waals surface area contributed by atoms with E-state index in [-0.39, 0.29) is 5.70 Å². The molecule has 2 aliphatic rings. The average Bonchev–Trinajstić information content (AvgIpc) is 3.47. The Hall–Kier alpha value is -3.04. The van der Waals surface area contributed by atoms with Gasteiger partial charge in [0.2, 0.25) is 5.91 Å². The molecule has 0 bridgehead atoms. The summed E-state index contributed by atoms with van der Waals surface area (Å²) >= 11 is 3.89. The van der Waals surface area contributed by atoms with Crippen LogP contribution in [-0.2, 0) is 14.4 Å². The fraction of sp³-hybridized carbons (Fsp3) is 0.294. The molecule has 2 aromatic heterocycles. The minimum Gasteiger partial charge on any atom is -0.477 e. The van der Waals surface area contributed by atoms with E-state index in [9.17, 15) is 24.3 Å². The van der Waals surface area contributed by atoms with Crippen LogP contribution >= 0.6 is 34.9 Å². The van der Waals surface area contributed by atoms with Gasteiger partial charge in [-0.2, -0.15) is 0 Å². The number of aromatic nitrogens is 3. The second kappa shape index (κ2) is 9.22. The van der Waals surface area contributed by atoms with E-state index in [0.717, 1.165) is 0 Å². The van der Waals surface area contributed by atoms with Crippen molar-refractivity contribution in [2.45, 2.75) is 22.6 Å². The van der Waals surface area contributed by atoms with E-state index < -0.39 is 41.3 Å². The molecule has 0 aromatic carbocycles. The van der Waals surface area contributed by atoms with Gasteiger partial charge in [0.1, 0.15) is 29.5 Å². The van der Waals surface area contributed by atoms with Crippen LogP contribution in [0.1, 0.15) is 10.9 Å². The van der Waals surface area contributed by atoms with Gasteiger partial charge in [0.25, 0.3) is 5.91 Å². The lowest BCUT2D eigenvalue weighted by Gasteiger charge is -2.49. The molecule has 4 rings (SSSR count). The highest BCUT2D eigenvalue weighted by molar-refractivity contribution is 8.01. The van der Waals surface area contributed by atoms with Gasteiger partial charge in [0.05, 0.1) is 0 Å². The smallest absolute Gasteiger partial charge is 0.352 e. The first-order valence-corrected chi connectivity index (χ1v) is 12.1. The van der Waals surface area contributed by atoms with Crippen molar-refractivity contribution < 1.29 is 24.3 Å². The Morgan fingerprint density at radius 2 is 2.25 bits per heavy atom. The molecule has 168 valence electrons. The molecule has 0 saturated carbocycles. The number of aromatic amines is 1. The quantitative estimate of drug-likeness (QED) is 0.250. The zero-order valence-electron chi connectivity index (χ0n) is 16.2. The summed E-state index contributed by atoms with van der Waals surface area (Å²) < 4.78 is 0. The van der Waals surface area contributed by atoms with Gasteiger partial charge in [-0.1, -0.05) is 17.8 Å². The minimum absolute atomic E-state index is 0.0821. The maximum atomic E-state index is 12.8. The number of aliphatic carboxylic acids is 1. The predicted molar refractivity (Wildman–Crippen MR) is 117 cm³/mol. The van der Waals surface area contributed by atoms with E-state index in [4.69, 9.17) is 5.73 Å². The summed E-state index contributed by atoms with van der Waals surface area (Å²) in [6, 6.07) is 0.544. The van der Waals surface area contributed by atoms with Gasteiger partial charge in [0.15, 0.2) is 5.16 Å². The normalized spacial score (nSPS) is 20.9. The van der Waals surface area contributed by atoms with Gasteiger partial charge < -0.3 is 26.5 Å². The van der Waals surface area contributed by atoms with Crippen molar-refractivity contribution in [2.75, 3.05) is 11.5 Å². The summed E-state index contributed by atoms with van der Waals surface area (Å²) in [5.74, 6) is -1.65. The van der Waals surface area contributed by atoms with Crippen LogP contribution in [0.3, 0.4) is 0 Å². The lowest BCUT2D eigenvalue weighted by atomic mass is 10.0. The van der Waals surface area contributed by atoms with Crippen molar-refractivity contribution in [1.29, 1.82) is 0 Å². The first-order chi connectivity index (χ1) is 15.4. The van der Waals surface area contributed by atoms with Crippen LogP contribution in [0.15, 0.2) is 40.3 Å². The fourth-order valence-corrected chi connectivity index (χ4v) is 6.35.